The van der Waals surface area contributed by atoms with Crippen LogP contribution in [0.1, 0.15) is 30.9 Å². The van der Waals surface area contributed by atoms with Gasteiger partial charge in [-0.3, -0.25) is 4.65 Å². The number of sulfonamides is 1. The standard InChI is InChI=1S/C27H30N4O3S/c32-31(21-28-26-13-7-8-14-27(26)31)23-15-18-30(19-16-23)20-17-25(22-9-3-1-4-10-22)29-35(33,34)24-11-5-2-6-12-24/h1-14,21,23,25,29H,15-20H2. The molecule has 2 atom stereocenters. The third kappa shape index (κ3) is 5.07. The number of nitrogens with zero attached hydrogens (tertiary/aromatic N) is 3. The molecule has 7 nitrogen and oxygen atoms in total. The maximum absolute atomic E-state index is 13.6. The van der Waals surface area contributed by atoms with Crippen molar-refractivity contribution in [3.8, 4) is 0 Å². The second kappa shape index (κ2) is 10.0. The second-order valence-corrected chi connectivity index (χ2v) is 10.9. The fraction of sp³-hybridized carbons (Fsp3) is 0.296. The molecule has 3 aromatic carbocycles. The Morgan fingerprint density at radius 2 is 1.57 bits per heavy atom. The van der Waals surface area contributed by atoms with E-state index in [-0.39, 0.29) is 17.0 Å². The summed E-state index contributed by atoms with van der Waals surface area (Å²) in [5, 5.41) is 13.6. The van der Waals surface area contributed by atoms with E-state index in [0.717, 1.165) is 49.4 Å². The Labute approximate surface area is 207 Å². The first-order valence-corrected chi connectivity index (χ1v) is 13.5. The van der Waals surface area contributed by atoms with E-state index in [9.17, 15) is 13.6 Å². The van der Waals surface area contributed by atoms with Crippen molar-refractivity contribution < 1.29 is 8.42 Å². The number of hydrogen-bond donors (Lipinski definition) is 1. The monoisotopic (exact) mass is 490 g/mol. The summed E-state index contributed by atoms with van der Waals surface area (Å²) < 4.78 is 28.5. The van der Waals surface area contributed by atoms with Crippen LogP contribution in [0.3, 0.4) is 0 Å². The molecule has 3 aromatic rings. The molecular weight excluding hydrogens is 460 g/mol. The van der Waals surface area contributed by atoms with Gasteiger partial charge in [-0.1, -0.05) is 60.7 Å². The number of nitrogens with one attached hydrogen (secondary N) is 1. The van der Waals surface area contributed by atoms with E-state index in [1.165, 1.54) is 6.34 Å². The maximum Gasteiger partial charge on any atom is 0.241 e. The Hall–Kier alpha value is -2.88. The van der Waals surface area contributed by atoms with Crippen molar-refractivity contribution in [2.24, 2.45) is 4.99 Å². The fourth-order valence-corrected chi connectivity index (χ4v) is 6.32. The van der Waals surface area contributed by atoms with Gasteiger partial charge in [0.15, 0.2) is 12.0 Å². The molecule has 8 heteroatoms. The van der Waals surface area contributed by atoms with E-state index in [4.69, 9.17) is 0 Å². The van der Waals surface area contributed by atoms with Crippen LogP contribution in [0.2, 0.25) is 0 Å². The molecule has 2 unspecified atom stereocenters. The number of likely N-dealkylation sites (tertiary alicyclic amines) is 1. The van der Waals surface area contributed by atoms with Gasteiger partial charge in [0, 0.05) is 38.0 Å². The summed E-state index contributed by atoms with van der Waals surface area (Å²) in [5.74, 6) is 0. The predicted octanol–water partition coefficient (Wildman–Crippen LogP) is 4.74. The third-order valence-electron chi connectivity index (χ3n) is 7.01. The molecular formula is C27H30N4O3S. The summed E-state index contributed by atoms with van der Waals surface area (Å²) >= 11 is 0. The topological polar surface area (TPSA) is 84.8 Å². The molecule has 0 radical (unpaired) electrons. The van der Waals surface area contributed by atoms with Gasteiger partial charge in [-0.25, -0.2) is 13.1 Å². The molecule has 0 aliphatic carbocycles. The number of hydrogen-bond acceptors (Lipinski definition) is 5. The Balaban J connectivity index is 1.23. The summed E-state index contributed by atoms with van der Waals surface area (Å²) in [4.78, 5) is 6.95. The minimum atomic E-state index is -3.64. The number of piperidine rings is 1. The molecule has 35 heavy (non-hydrogen) atoms. The lowest BCUT2D eigenvalue weighted by molar-refractivity contribution is 0.171. The quantitative estimate of drug-likeness (QED) is 0.365. The Bertz CT molecular complexity index is 1280. The fourth-order valence-electron chi connectivity index (χ4n) is 5.04. The van der Waals surface area contributed by atoms with Gasteiger partial charge in [0.1, 0.15) is 11.7 Å². The van der Waals surface area contributed by atoms with Crippen molar-refractivity contribution in [3.63, 3.8) is 0 Å². The van der Waals surface area contributed by atoms with Gasteiger partial charge in [-0.05, 0) is 36.7 Å². The largest absolute Gasteiger partial charge is 0.621 e. The molecule has 2 heterocycles. The first kappa shape index (κ1) is 23.8. The number of para-hydroxylation sites is 2. The Kier molecular flexibility index (Phi) is 6.82. The highest BCUT2D eigenvalue weighted by atomic mass is 32.2. The Morgan fingerprint density at radius 3 is 2.29 bits per heavy atom. The number of aliphatic imine (C=N–C) groups is 1. The van der Waals surface area contributed by atoms with Gasteiger partial charge < -0.3 is 10.1 Å². The minimum Gasteiger partial charge on any atom is -0.621 e. The van der Waals surface area contributed by atoms with Crippen LogP contribution in [0.5, 0.6) is 0 Å². The lowest BCUT2D eigenvalue weighted by atomic mass is 10.0. The first-order chi connectivity index (χ1) is 17.0. The summed E-state index contributed by atoms with van der Waals surface area (Å²) in [6.45, 7) is 2.35. The second-order valence-electron chi connectivity index (χ2n) is 9.20. The molecule has 0 spiro atoms. The molecule has 182 valence electrons. The minimum absolute atomic E-state index is 0.0554. The number of rotatable bonds is 8. The van der Waals surface area contributed by atoms with E-state index in [0.29, 0.717) is 6.42 Å². The van der Waals surface area contributed by atoms with Crippen LogP contribution in [0.25, 0.3) is 0 Å². The van der Waals surface area contributed by atoms with Crippen molar-refractivity contribution in [2.75, 3.05) is 19.6 Å². The highest BCUT2D eigenvalue weighted by Crippen LogP contribution is 2.41. The number of quaternary nitrogens is 1. The molecule has 1 saturated heterocycles. The van der Waals surface area contributed by atoms with Crippen molar-refractivity contribution in [2.45, 2.75) is 36.2 Å². The molecule has 2 aliphatic rings. The highest BCUT2D eigenvalue weighted by molar-refractivity contribution is 7.89. The highest BCUT2D eigenvalue weighted by Gasteiger charge is 2.38. The first-order valence-electron chi connectivity index (χ1n) is 12.0. The van der Waals surface area contributed by atoms with E-state index < -0.39 is 14.7 Å². The van der Waals surface area contributed by atoms with E-state index in [1.807, 2.05) is 54.6 Å². The van der Waals surface area contributed by atoms with Crippen LogP contribution in [-0.2, 0) is 10.0 Å². The SMILES string of the molecule is O=S(=O)(NC(CCN1CCC([N+]2([O-])C=Nc3ccccc32)CC1)c1ccccc1)c1ccccc1. The van der Waals surface area contributed by atoms with Gasteiger partial charge in [-0.2, -0.15) is 4.99 Å². The average Bonchev–Trinajstić information content (AvgIpc) is 3.25. The van der Waals surface area contributed by atoms with Gasteiger partial charge in [0.25, 0.3) is 0 Å². The van der Waals surface area contributed by atoms with E-state index in [2.05, 4.69) is 14.6 Å². The van der Waals surface area contributed by atoms with Gasteiger partial charge in [0.05, 0.1) is 4.90 Å². The van der Waals surface area contributed by atoms with Crippen LogP contribution in [0, 0.1) is 5.21 Å². The normalized spacial score (nSPS) is 21.6. The molecule has 0 saturated carbocycles. The number of fused-ring (bicyclic) bond motifs is 1. The molecule has 0 aromatic heterocycles. The summed E-state index contributed by atoms with van der Waals surface area (Å²) in [5.41, 5.74) is 2.43. The van der Waals surface area contributed by atoms with Crippen molar-refractivity contribution >= 4 is 27.7 Å². The molecule has 0 bridgehead atoms. The maximum atomic E-state index is 13.6. The summed E-state index contributed by atoms with van der Waals surface area (Å²) in [6, 6.07) is 25.4. The van der Waals surface area contributed by atoms with Crippen LogP contribution in [0.4, 0.5) is 11.4 Å². The summed E-state index contributed by atoms with van der Waals surface area (Å²) in [6.07, 6.45) is 3.72. The molecule has 5 rings (SSSR count). The van der Waals surface area contributed by atoms with Crippen molar-refractivity contribution in [1.29, 1.82) is 0 Å². The molecule has 1 N–H and O–H groups in total. The van der Waals surface area contributed by atoms with Gasteiger partial charge in [0.2, 0.25) is 10.0 Å². The zero-order valence-corrected chi connectivity index (χ0v) is 20.3. The van der Waals surface area contributed by atoms with Crippen molar-refractivity contribution in [1.82, 2.24) is 14.3 Å². The molecule has 1 fully saturated rings. The number of hydroxylamine groups is 2. The van der Waals surface area contributed by atoms with Crippen LogP contribution < -0.4 is 9.37 Å². The van der Waals surface area contributed by atoms with Crippen LogP contribution in [0.15, 0.2) is 94.8 Å². The van der Waals surface area contributed by atoms with Crippen LogP contribution in [-0.4, -0.2) is 45.3 Å². The van der Waals surface area contributed by atoms with E-state index >= 15 is 0 Å². The Morgan fingerprint density at radius 1 is 0.943 bits per heavy atom. The van der Waals surface area contributed by atoms with Gasteiger partial charge in [-0.15, -0.1) is 0 Å². The van der Waals surface area contributed by atoms with Crippen molar-refractivity contribution in [3.05, 3.63) is 95.7 Å². The average molecular weight is 491 g/mol. The predicted molar refractivity (Wildman–Crippen MR) is 140 cm³/mol. The zero-order chi connectivity index (χ0) is 24.3. The molecule has 2 aliphatic heterocycles. The van der Waals surface area contributed by atoms with Crippen LogP contribution >= 0.6 is 0 Å². The summed E-state index contributed by atoms with van der Waals surface area (Å²) in [7, 11) is -3.64. The van der Waals surface area contributed by atoms with E-state index in [1.54, 1.807) is 30.3 Å². The molecule has 0 amide bonds. The van der Waals surface area contributed by atoms with Gasteiger partial charge >= 0.3 is 0 Å². The third-order valence-corrected chi connectivity index (χ3v) is 8.50. The lowest BCUT2D eigenvalue weighted by Crippen LogP contribution is -2.54. The smallest absolute Gasteiger partial charge is 0.241 e. The number of benzene rings is 3. The lowest BCUT2D eigenvalue weighted by Gasteiger charge is -2.45. The zero-order valence-electron chi connectivity index (χ0n) is 19.5.